The van der Waals surface area contributed by atoms with Gasteiger partial charge >= 0.3 is 0 Å². The van der Waals surface area contributed by atoms with Crippen LogP contribution < -0.4 is 19.5 Å². The molecule has 0 radical (unpaired) electrons. The first-order valence-electron chi connectivity index (χ1n) is 10.9. The zero-order chi connectivity index (χ0) is 24.3. The Hall–Kier alpha value is -3.36. The monoisotopic (exact) mass is 482 g/mol. The van der Waals surface area contributed by atoms with Crippen LogP contribution >= 0.6 is 11.3 Å². The summed E-state index contributed by atoms with van der Waals surface area (Å²) in [5.74, 6) is 1.72. The summed E-state index contributed by atoms with van der Waals surface area (Å²) in [6.45, 7) is 5.18. The van der Waals surface area contributed by atoms with Gasteiger partial charge in [-0.15, -0.1) is 11.3 Å². The van der Waals surface area contributed by atoms with E-state index in [1.165, 1.54) is 6.08 Å². The molecule has 0 fully saturated rings. The first-order valence-corrected chi connectivity index (χ1v) is 11.8. The lowest BCUT2D eigenvalue weighted by Crippen LogP contribution is -2.24. The first-order chi connectivity index (χ1) is 16.5. The van der Waals surface area contributed by atoms with Crippen molar-refractivity contribution in [2.24, 2.45) is 0 Å². The van der Waals surface area contributed by atoms with Gasteiger partial charge in [-0.05, 0) is 43.7 Å². The Morgan fingerprint density at radius 2 is 1.91 bits per heavy atom. The highest BCUT2D eigenvalue weighted by Gasteiger charge is 2.12. The number of thiazole rings is 1. The van der Waals surface area contributed by atoms with Crippen molar-refractivity contribution in [1.82, 2.24) is 10.3 Å². The van der Waals surface area contributed by atoms with Gasteiger partial charge in [-0.2, -0.15) is 0 Å². The summed E-state index contributed by atoms with van der Waals surface area (Å²) in [7, 11) is 3.21. The second-order valence-corrected chi connectivity index (χ2v) is 8.56. The van der Waals surface area contributed by atoms with Gasteiger partial charge in [0, 0.05) is 24.1 Å². The van der Waals surface area contributed by atoms with Gasteiger partial charge in [-0.1, -0.05) is 24.3 Å². The molecule has 1 atom stereocenters. The van der Waals surface area contributed by atoms with E-state index in [4.69, 9.17) is 18.9 Å². The molecule has 1 amide bonds. The van der Waals surface area contributed by atoms with Crippen LogP contribution in [0.25, 0.3) is 6.08 Å². The van der Waals surface area contributed by atoms with E-state index >= 15 is 0 Å². The van der Waals surface area contributed by atoms with Gasteiger partial charge in [0.15, 0.2) is 11.5 Å². The van der Waals surface area contributed by atoms with E-state index in [2.05, 4.69) is 10.3 Å². The largest absolute Gasteiger partial charge is 0.493 e. The molecule has 8 heteroatoms. The molecular formula is C26H30N2O5S. The summed E-state index contributed by atoms with van der Waals surface area (Å²) in [4.78, 5) is 17.0. The molecule has 0 saturated carbocycles. The van der Waals surface area contributed by atoms with Gasteiger partial charge in [0.2, 0.25) is 5.91 Å². The summed E-state index contributed by atoms with van der Waals surface area (Å²) < 4.78 is 22.0. The second-order valence-electron chi connectivity index (χ2n) is 7.50. The van der Waals surface area contributed by atoms with E-state index in [1.807, 2.05) is 61.7 Å². The summed E-state index contributed by atoms with van der Waals surface area (Å²) in [5, 5.41) is 5.96. The maximum absolute atomic E-state index is 12.6. The number of para-hydroxylation sites is 1. The molecule has 0 aliphatic carbocycles. The number of aromatic nitrogens is 1. The highest BCUT2D eigenvalue weighted by Crippen LogP contribution is 2.30. The molecule has 0 aliphatic heterocycles. The lowest BCUT2D eigenvalue weighted by atomic mass is 10.1. The van der Waals surface area contributed by atoms with Crippen molar-refractivity contribution in [1.29, 1.82) is 0 Å². The molecule has 0 bridgehead atoms. The Bertz CT molecular complexity index is 1110. The van der Waals surface area contributed by atoms with E-state index < -0.39 is 0 Å². The number of ether oxygens (including phenoxy) is 4. The van der Waals surface area contributed by atoms with Gasteiger partial charge in [0.1, 0.15) is 19.0 Å². The number of carbonyl (C=O) groups excluding carboxylic acids is 1. The van der Waals surface area contributed by atoms with Gasteiger partial charge in [-0.25, -0.2) is 4.98 Å². The summed E-state index contributed by atoms with van der Waals surface area (Å²) in [6, 6.07) is 13.0. The van der Waals surface area contributed by atoms with Crippen molar-refractivity contribution in [3.8, 4) is 17.2 Å². The van der Waals surface area contributed by atoms with Crippen molar-refractivity contribution >= 4 is 23.3 Å². The lowest BCUT2D eigenvalue weighted by molar-refractivity contribution is -0.117. The van der Waals surface area contributed by atoms with Gasteiger partial charge in [0.25, 0.3) is 0 Å². The zero-order valence-electron chi connectivity index (χ0n) is 19.9. The van der Waals surface area contributed by atoms with Crippen LogP contribution in [-0.4, -0.2) is 38.3 Å². The SMILES string of the molecule is COCCOc1ccc(C(C)NC(=O)/C=C/c2ccccc2OCc2csc(C)n2)cc1OC. The highest BCUT2D eigenvalue weighted by molar-refractivity contribution is 7.09. The standard InChI is InChI=1S/C26H30N2O5S/c1-18(21-9-11-24(25(15-21)31-4)32-14-13-30-3)27-26(29)12-10-20-7-5-6-8-23(20)33-16-22-17-34-19(2)28-22/h5-12,15,17-18H,13-14,16H2,1-4H3,(H,27,29)/b12-10+. The number of carbonyl (C=O) groups is 1. The summed E-state index contributed by atoms with van der Waals surface area (Å²) in [6.07, 6.45) is 3.25. The molecule has 3 aromatic rings. The molecule has 0 spiro atoms. The molecular weight excluding hydrogens is 452 g/mol. The molecule has 34 heavy (non-hydrogen) atoms. The van der Waals surface area contributed by atoms with Gasteiger partial charge in [-0.3, -0.25) is 4.79 Å². The second kappa shape index (κ2) is 12.8. The maximum Gasteiger partial charge on any atom is 0.244 e. The number of hydrogen-bond donors (Lipinski definition) is 1. The highest BCUT2D eigenvalue weighted by atomic mass is 32.1. The van der Waals surface area contributed by atoms with Crippen LogP contribution in [0.4, 0.5) is 0 Å². The third kappa shape index (κ3) is 7.33. The predicted molar refractivity (Wildman–Crippen MR) is 134 cm³/mol. The van der Waals surface area contributed by atoms with Crippen molar-refractivity contribution in [3.63, 3.8) is 0 Å². The minimum absolute atomic E-state index is 0.211. The van der Waals surface area contributed by atoms with E-state index in [1.54, 1.807) is 31.6 Å². The fourth-order valence-corrected chi connectivity index (χ4v) is 3.79. The number of amides is 1. The van der Waals surface area contributed by atoms with E-state index in [0.29, 0.717) is 37.1 Å². The molecule has 1 N–H and O–H groups in total. The molecule has 180 valence electrons. The molecule has 3 rings (SSSR count). The summed E-state index contributed by atoms with van der Waals surface area (Å²) in [5.41, 5.74) is 2.61. The van der Waals surface area contributed by atoms with Gasteiger partial charge in [0.05, 0.1) is 30.5 Å². The number of rotatable bonds is 12. The molecule has 7 nitrogen and oxygen atoms in total. The Kier molecular flexibility index (Phi) is 9.49. The third-order valence-electron chi connectivity index (χ3n) is 4.97. The number of benzene rings is 2. The third-order valence-corrected chi connectivity index (χ3v) is 5.79. The average molecular weight is 483 g/mol. The number of methoxy groups -OCH3 is 2. The van der Waals surface area contributed by atoms with Crippen LogP contribution in [-0.2, 0) is 16.1 Å². The number of aryl methyl sites for hydroxylation is 1. The smallest absolute Gasteiger partial charge is 0.244 e. The minimum atomic E-state index is -0.224. The normalized spacial score (nSPS) is 11.9. The van der Waals surface area contributed by atoms with Crippen LogP contribution in [0.5, 0.6) is 17.2 Å². The number of hydrogen-bond acceptors (Lipinski definition) is 7. The fourth-order valence-electron chi connectivity index (χ4n) is 3.19. The average Bonchev–Trinajstić information content (AvgIpc) is 3.27. The van der Waals surface area contributed by atoms with E-state index in [9.17, 15) is 4.79 Å². The zero-order valence-corrected chi connectivity index (χ0v) is 20.7. The Morgan fingerprint density at radius 3 is 2.65 bits per heavy atom. The molecule has 2 aromatic carbocycles. The number of nitrogens with zero attached hydrogens (tertiary/aromatic N) is 1. The van der Waals surface area contributed by atoms with Crippen molar-refractivity contribution in [3.05, 3.63) is 75.7 Å². The van der Waals surface area contributed by atoms with Crippen molar-refractivity contribution in [2.45, 2.75) is 26.5 Å². The van der Waals surface area contributed by atoms with Crippen LogP contribution in [0.3, 0.4) is 0 Å². The Labute approximate surface area is 204 Å². The van der Waals surface area contributed by atoms with Gasteiger partial charge < -0.3 is 24.3 Å². The molecule has 1 unspecified atom stereocenters. The maximum atomic E-state index is 12.6. The minimum Gasteiger partial charge on any atom is -0.493 e. The van der Waals surface area contributed by atoms with Crippen LogP contribution in [0, 0.1) is 6.92 Å². The van der Waals surface area contributed by atoms with E-state index in [0.717, 1.165) is 21.8 Å². The molecule has 1 heterocycles. The van der Waals surface area contributed by atoms with Crippen LogP contribution in [0.2, 0.25) is 0 Å². The molecule has 1 aromatic heterocycles. The first kappa shape index (κ1) is 25.3. The molecule has 0 aliphatic rings. The van der Waals surface area contributed by atoms with Crippen LogP contribution in [0.15, 0.2) is 53.9 Å². The Morgan fingerprint density at radius 1 is 1.09 bits per heavy atom. The van der Waals surface area contributed by atoms with Crippen molar-refractivity contribution in [2.75, 3.05) is 27.4 Å². The predicted octanol–water partition coefficient (Wildman–Crippen LogP) is 4.95. The lowest BCUT2D eigenvalue weighted by Gasteiger charge is -2.16. The molecule has 0 saturated heterocycles. The number of nitrogens with one attached hydrogen (secondary N) is 1. The topological polar surface area (TPSA) is 78.9 Å². The Balaban J connectivity index is 1.60. The van der Waals surface area contributed by atoms with Crippen LogP contribution in [0.1, 0.15) is 34.8 Å². The fraction of sp³-hybridized carbons (Fsp3) is 0.308. The quantitative estimate of drug-likeness (QED) is 0.291. The van der Waals surface area contributed by atoms with E-state index in [-0.39, 0.29) is 11.9 Å². The summed E-state index contributed by atoms with van der Waals surface area (Å²) >= 11 is 1.59. The van der Waals surface area contributed by atoms with Crippen molar-refractivity contribution < 1.29 is 23.7 Å².